The second-order valence-corrected chi connectivity index (χ2v) is 3.80. The molecule has 0 saturated heterocycles. The molecule has 0 amide bonds. The SMILES string of the molecule is NCCOCCSc1ccncc1N. The third-order valence-electron chi connectivity index (χ3n) is 1.56. The number of anilines is 1. The Morgan fingerprint density at radius 3 is 3.00 bits per heavy atom. The Morgan fingerprint density at radius 1 is 1.43 bits per heavy atom. The molecule has 1 heterocycles. The smallest absolute Gasteiger partial charge is 0.0638 e. The van der Waals surface area contributed by atoms with Crippen molar-refractivity contribution in [1.82, 2.24) is 4.98 Å². The fraction of sp³-hybridized carbons (Fsp3) is 0.444. The normalized spacial score (nSPS) is 10.4. The molecule has 0 aliphatic rings. The molecule has 0 fully saturated rings. The minimum atomic E-state index is 0.571. The van der Waals surface area contributed by atoms with Crippen molar-refractivity contribution in [3.8, 4) is 0 Å². The molecule has 5 heteroatoms. The predicted molar refractivity (Wildman–Crippen MR) is 59.2 cm³/mol. The first kappa shape index (κ1) is 11.3. The van der Waals surface area contributed by atoms with Gasteiger partial charge in [-0.3, -0.25) is 4.98 Å². The van der Waals surface area contributed by atoms with Gasteiger partial charge in [-0.2, -0.15) is 0 Å². The summed E-state index contributed by atoms with van der Waals surface area (Å²) in [5.74, 6) is 0.883. The van der Waals surface area contributed by atoms with Gasteiger partial charge in [-0.05, 0) is 6.07 Å². The van der Waals surface area contributed by atoms with E-state index in [-0.39, 0.29) is 0 Å². The van der Waals surface area contributed by atoms with E-state index in [4.69, 9.17) is 16.2 Å². The van der Waals surface area contributed by atoms with E-state index >= 15 is 0 Å². The Bertz CT molecular complexity index is 270. The number of nitrogens with two attached hydrogens (primary N) is 2. The van der Waals surface area contributed by atoms with Crippen LogP contribution in [0.3, 0.4) is 0 Å². The van der Waals surface area contributed by atoms with Crippen LogP contribution >= 0.6 is 11.8 Å². The highest BCUT2D eigenvalue weighted by Gasteiger charge is 1.98. The van der Waals surface area contributed by atoms with Gasteiger partial charge in [0.25, 0.3) is 0 Å². The maximum Gasteiger partial charge on any atom is 0.0638 e. The van der Waals surface area contributed by atoms with Crippen LogP contribution in [0.5, 0.6) is 0 Å². The summed E-state index contributed by atoms with van der Waals surface area (Å²) in [6, 6.07) is 1.91. The highest BCUT2D eigenvalue weighted by atomic mass is 32.2. The van der Waals surface area contributed by atoms with E-state index in [0.29, 0.717) is 19.8 Å². The Hall–Kier alpha value is -0.780. The van der Waals surface area contributed by atoms with Crippen LogP contribution in [0, 0.1) is 0 Å². The van der Waals surface area contributed by atoms with Gasteiger partial charge in [0.1, 0.15) is 0 Å². The molecule has 0 atom stereocenters. The predicted octanol–water partition coefficient (Wildman–Crippen LogP) is 0.731. The minimum Gasteiger partial charge on any atom is -0.397 e. The average molecular weight is 213 g/mol. The van der Waals surface area contributed by atoms with Crippen molar-refractivity contribution >= 4 is 17.4 Å². The Morgan fingerprint density at radius 2 is 2.29 bits per heavy atom. The van der Waals surface area contributed by atoms with E-state index in [0.717, 1.165) is 16.3 Å². The van der Waals surface area contributed by atoms with Gasteiger partial charge in [0, 0.05) is 23.4 Å². The van der Waals surface area contributed by atoms with Crippen LogP contribution in [0.1, 0.15) is 0 Å². The van der Waals surface area contributed by atoms with Gasteiger partial charge >= 0.3 is 0 Å². The number of aromatic nitrogens is 1. The van der Waals surface area contributed by atoms with E-state index in [2.05, 4.69) is 4.98 Å². The minimum absolute atomic E-state index is 0.571. The van der Waals surface area contributed by atoms with Gasteiger partial charge in [-0.15, -0.1) is 11.8 Å². The molecule has 0 bridgehead atoms. The molecule has 78 valence electrons. The van der Waals surface area contributed by atoms with Crippen molar-refractivity contribution in [1.29, 1.82) is 0 Å². The fourth-order valence-electron chi connectivity index (χ4n) is 0.921. The third kappa shape index (κ3) is 3.95. The van der Waals surface area contributed by atoms with E-state index in [1.165, 1.54) is 0 Å². The molecule has 0 aliphatic carbocycles. The molecule has 1 rings (SSSR count). The van der Waals surface area contributed by atoms with Crippen molar-refractivity contribution < 1.29 is 4.74 Å². The van der Waals surface area contributed by atoms with Crippen molar-refractivity contribution in [2.75, 3.05) is 31.2 Å². The van der Waals surface area contributed by atoms with Gasteiger partial charge < -0.3 is 16.2 Å². The number of ether oxygens (including phenoxy) is 1. The number of hydrogen-bond donors (Lipinski definition) is 2. The lowest BCUT2D eigenvalue weighted by Crippen LogP contribution is -2.09. The van der Waals surface area contributed by atoms with Crippen LogP contribution in [0.25, 0.3) is 0 Å². The van der Waals surface area contributed by atoms with Gasteiger partial charge in [0.05, 0.1) is 25.1 Å². The monoisotopic (exact) mass is 213 g/mol. The average Bonchev–Trinajstić information content (AvgIpc) is 2.20. The number of nitrogens with zero attached hydrogens (tertiary/aromatic N) is 1. The molecular weight excluding hydrogens is 198 g/mol. The summed E-state index contributed by atoms with van der Waals surface area (Å²) in [6.07, 6.45) is 3.39. The number of hydrogen-bond acceptors (Lipinski definition) is 5. The summed E-state index contributed by atoms with van der Waals surface area (Å²) in [5, 5.41) is 0. The third-order valence-corrected chi connectivity index (χ3v) is 2.61. The molecule has 0 saturated carbocycles. The number of nitrogen functional groups attached to an aromatic ring is 1. The number of rotatable bonds is 6. The van der Waals surface area contributed by atoms with Crippen molar-refractivity contribution in [2.24, 2.45) is 5.73 Å². The van der Waals surface area contributed by atoms with Crippen LogP contribution in [0.2, 0.25) is 0 Å². The van der Waals surface area contributed by atoms with E-state index in [1.54, 1.807) is 24.2 Å². The molecule has 0 spiro atoms. The van der Waals surface area contributed by atoms with Crippen molar-refractivity contribution in [3.05, 3.63) is 18.5 Å². The number of thioether (sulfide) groups is 1. The molecule has 1 aromatic rings. The van der Waals surface area contributed by atoms with Crippen LogP contribution in [-0.4, -0.2) is 30.5 Å². The Balaban J connectivity index is 2.21. The van der Waals surface area contributed by atoms with Gasteiger partial charge in [0.15, 0.2) is 0 Å². The van der Waals surface area contributed by atoms with Crippen molar-refractivity contribution in [3.63, 3.8) is 0 Å². The number of pyridine rings is 1. The fourth-order valence-corrected chi connectivity index (χ4v) is 1.72. The van der Waals surface area contributed by atoms with Gasteiger partial charge in [-0.25, -0.2) is 0 Å². The summed E-state index contributed by atoms with van der Waals surface area (Å²) < 4.78 is 5.24. The molecule has 0 unspecified atom stereocenters. The lowest BCUT2D eigenvalue weighted by Gasteiger charge is -2.04. The van der Waals surface area contributed by atoms with E-state index in [1.807, 2.05) is 6.07 Å². The first-order valence-electron chi connectivity index (χ1n) is 4.44. The highest BCUT2D eigenvalue weighted by molar-refractivity contribution is 7.99. The Labute approximate surface area is 88.0 Å². The quantitative estimate of drug-likeness (QED) is 0.538. The summed E-state index contributed by atoms with van der Waals surface area (Å²) in [4.78, 5) is 4.97. The first-order valence-corrected chi connectivity index (χ1v) is 5.43. The summed E-state index contributed by atoms with van der Waals surface area (Å²) in [5.41, 5.74) is 11.7. The summed E-state index contributed by atoms with van der Waals surface area (Å²) >= 11 is 1.67. The zero-order chi connectivity index (χ0) is 10.2. The largest absolute Gasteiger partial charge is 0.397 e. The second kappa shape index (κ2) is 6.64. The molecular formula is C9H15N3OS. The molecule has 4 nitrogen and oxygen atoms in total. The summed E-state index contributed by atoms with van der Waals surface area (Å²) in [6.45, 7) is 1.89. The zero-order valence-corrected chi connectivity index (χ0v) is 8.80. The maximum absolute atomic E-state index is 5.72. The van der Waals surface area contributed by atoms with Crippen LogP contribution in [-0.2, 0) is 4.74 Å². The molecule has 4 N–H and O–H groups in total. The highest BCUT2D eigenvalue weighted by Crippen LogP contribution is 2.22. The molecule has 0 aromatic carbocycles. The lowest BCUT2D eigenvalue weighted by molar-refractivity contribution is 0.158. The van der Waals surface area contributed by atoms with Gasteiger partial charge in [0.2, 0.25) is 0 Å². The standard InChI is InChI=1S/C9H15N3OS/c10-2-4-13-5-6-14-9-1-3-12-7-8(9)11/h1,3,7H,2,4-6,10-11H2. The summed E-state index contributed by atoms with van der Waals surface area (Å²) in [7, 11) is 0. The second-order valence-electron chi connectivity index (χ2n) is 2.66. The van der Waals surface area contributed by atoms with Crippen LogP contribution in [0.4, 0.5) is 5.69 Å². The Kier molecular flexibility index (Phi) is 5.36. The van der Waals surface area contributed by atoms with Crippen molar-refractivity contribution in [2.45, 2.75) is 4.90 Å². The van der Waals surface area contributed by atoms with E-state index < -0.39 is 0 Å². The maximum atomic E-state index is 5.72. The van der Waals surface area contributed by atoms with E-state index in [9.17, 15) is 0 Å². The van der Waals surface area contributed by atoms with Crippen LogP contribution in [0.15, 0.2) is 23.4 Å². The molecule has 0 radical (unpaired) electrons. The molecule has 0 aliphatic heterocycles. The van der Waals surface area contributed by atoms with Crippen LogP contribution < -0.4 is 11.5 Å². The zero-order valence-electron chi connectivity index (χ0n) is 7.98. The molecule has 1 aromatic heterocycles. The topological polar surface area (TPSA) is 74.2 Å². The van der Waals surface area contributed by atoms with Gasteiger partial charge in [-0.1, -0.05) is 0 Å². The lowest BCUT2D eigenvalue weighted by atomic mass is 10.4. The molecule has 14 heavy (non-hydrogen) atoms. The first-order chi connectivity index (χ1) is 6.84.